The van der Waals surface area contributed by atoms with Gasteiger partial charge in [-0.05, 0) is 23.6 Å². The van der Waals surface area contributed by atoms with Crippen molar-refractivity contribution in [1.29, 1.82) is 0 Å². The molecule has 1 aromatic heterocycles. The second kappa shape index (κ2) is 5.56. The highest BCUT2D eigenvalue weighted by Gasteiger charge is 2.32. The molecular weight excluding hydrogens is 288 g/mol. The monoisotopic (exact) mass is 306 g/mol. The van der Waals surface area contributed by atoms with E-state index < -0.39 is 12.0 Å². The summed E-state index contributed by atoms with van der Waals surface area (Å²) in [6, 6.07) is 17.7. The van der Waals surface area contributed by atoms with Gasteiger partial charge in [0.1, 0.15) is 6.04 Å². The number of rotatable bonds is 3. The molecule has 0 saturated heterocycles. The molecule has 4 nitrogen and oxygen atoms in total. The lowest BCUT2D eigenvalue weighted by Gasteiger charge is -2.29. The van der Waals surface area contributed by atoms with Crippen LogP contribution in [0.2, 0.25) is 0 Å². The highest BCUT2D eigenvalue weighted by Crippen LogP contribution is 2.33. The molecule has 1 aliphatic heterocycles. The van der Waals surface area contributed by atoms with Crippen LogP contribution in [0.3, 0.4) is 0 Å². The number of benzene rings is 2. The molecule has 2 heterocycles. The van der Waals surface area contributed by atoms with Crippen LogP contribution in [-0.4, -0.2) is 22.1 Å². The third-order valence-electron chi connectivity index (χ3n) is 4.59. The van der Waals surface area contributed by atoms with Gasteiger partial charge in [0.05, 0.1) is 6.04 Å². The third kappa shape index (κ3) is 2.51. The normalized spacial score (nSPS) is 20.3. The molecule has 3 N–H and O–H groups in total. The van der Waals surface area contributed by atoms with Crippen molar-refractivity contribution >= 4 is 16.9 Å². The van der Waals surface area contributed by atoms with Gasteiger partial charge >= 0.3 is 5.97 Å². The first-order chi connectivity index (χ1) is 11.2. The number of carboxylic acid groups (broad SMARTS) is 1. The second-order valence-corrected chi connectivity index (χ2v) is 6.07. The Balaban J connectivity index is 1.78. The minimum absolute atomic E-state index is 0.0188. The molecule has 2 atom stereocenters. The number of aromatic amines is 1. The van der Waals surface area contributed by atoms with Crippen molar-refractivity contribution in [3.8, 4) is 0 Å². The molecule has 0 radical (unpaired) electrons. The summed E-state index contributed by atoms with van der Waals surface area (Å²) in [5, 5.41) is 13.9. The Labute approximate surface area is 134 Å². The van der Waals surface area contributed by atoms with Gasteiger partial charge in [0.2, 0.25) is 0 Å². The van der Waals surface area contributed by atoms with E-state index in [4.69, 9.17) is 0 Å². The Hall–Kier alpha value is -2.59. The van der Waals surface area contributed by atoms with Crippen molar-refractivity contribution in [2.24, 2.45) is 0 Å². The smallest absolute Gasteiger partial charge is 0.321 e. The predicted molar refractivity (Wildman–Crippen MR) is 89.4 cm³/mol. The molecule has 2 aromatic carbocycles. The molecule has 0 fully saturated rings. The first-order valence-corrected chi connectivity index (χ1v) is 7.84. The van der Waals surface area contributed by atoms with Gasteiger partial charge in [-0.25, -0.2) is 0 Å². The van der Waals surface area contributed by atoms with Gasteiger partial charge in [-0.1, -0.05) is 48.5 Å². The predicted octanol–water partition coefficient (Wildman–Crippen LogP) is 3.05. The van der Waals surface area contributed by atoms with Crippen LogP contribution < -0.4 is 5.32 Å². The molecule has 0 aliphatic carbocycles. The van der Waals surface area contributed by atoms with Crippen LogP contribution in [0.5, 0.6) is 0 Å². The minimum atomic E-state index is -0.793. The van der Waals surface area contributed by atoms with Crippen LogP contribution in [-0.2, 0) is 17.6 Å². The van der Waals surface area contributed by atoms with Crippen LogP contribution in [0.25, 0.3) is 10.9 Å². The van der Waals surface area contributed by atoms with E-state index in [1.165, 1.54) is 5.56 Å². The molecule has 4 rings (SSSR count). The zero-order valence-electron chi connectivity index (χ0n) is 12.6. The molecule has 23 heavy (non-hydrogen) atoms. The number of hydrogen-bond acceptors (Lipinski definition) is 2. The number of aromatic nitrogens is 1. The summed E-state index contributed by atoms with van der Waals surface area (Å²) in [6.45, 7) is 0. The zero-order valence-corrected chi connectivity index (χ0v) is 12.6. The number of H-pyrrole nitrogens is 1. The fourth-order valence-electron chi connectivity index (χ4n) is 3.50. The molecule has 4 heteroatoms. The van der Waals surface area contributed by atoms with Crippen molar-refractivity contribution in [2.45, 2.75) is 24.9 Å². The van der Waals surface area contributed by atoms with E-state index in [1.807, 2.05) is 36.4 Å². The van der Waals surface area contributed by atoms with Gasteiger partial charge in [0.25, 0.3) is 0 Å². The lowest BCUT2D eigenvalue weighted by atomic mass is 9.91. The Kier molecular flexibility index (Phi) is 3.39. The number of carboxylic acids is 1. The third-order valence-corrected chi connectivity index (χ3v) is 4.59. The van der Waals surface area contributed by atoms with Crippen molar-refractivity contribution in [3.63, 3.8) is 0 Å². The van der Waals surface area contributed by atoms with Crippen molar-refractivity contribution in [1.82, 2.24) is 10.3 Å². The van der Waals surface area contributed by atoms with Crippen molar-refractivity contribution in [2.75, 3.05) is 0 Å². The standard InChI is InChI=1S/C19H18N2O2/c22-19(23)17-11-14-13-8-4-5-9-15(13)21-18(14)16(20-17)10-12-6-2-1-3-7-12/h1-9,16-17,20-21H,10-11H2,(H,22,23)/t16?,17-/m0/s1. The van der Waals surface area contributed by atoms with Crippen LogP contribution in [0.15, 0.2) is 54.6 Å². The topological polar surface area (TPSA) is 65.1 Å². The molecule has 0 saturated carbocycles. The van der Waals surface area contributed by atoms with Gasteiger partial charge in [-0.15, -0.1) is 0 Å². The van der Waals surface area contributed by atoms with E-state index in [0.29, 0.717) is 6.42 Å². The van der Waals surface area contributed by atoms with E-state index in [1.54, 1.807) is 0 Å². The first kappa shape index (κ1) is 14.0. The van der Waals surface area contributed by atoms with Gasteiger partial charge in [0.15, 0.2) is 0 Å². The maximum atomic E-state index is 11.5. The average molecular weight is 306 g/mol. The molecule has 116 valence electrons. The maximum Gasteiger partial charge on any atom is 0.321 e. The highest BCUT2D eigenvalue weighted by molar-refractivity contribution is 5.86. The van der Waals surface area contributed by atoms with Gasteiger partial charge in [-0.2, -0.15) is 0 Å². The molecule has 1 aliphatic rings. The summed E-state index contributed by atoms with van der Waals surface area (Å²) >= 11 is 0. The fourth-order valence-corrected chi connectivity index (χ4v) is 3.50. The molecule has 1 unspecified atom stereocenters. The number of fused-ring (bicyclic) bond motifs is 3. The van der Waals surface area contributed by atoms with Gasteiger partial charge in [0, 0.05) is 23.0 Å². The lowest BCUT2D eigenvalue weighted by Crippen LogP contribution is -2.45. The molecule has 0 spiro atoms. The Morgan fingerprint density at radius 3 is 2.61 bits per heavy atom. The number of hydrogen-bond donors (Lipinski definition) is 3. The number of para-hydroxylation sites is 1. The first-order valence-electron chi connectivity index (χ1n) is 7.84. The summed E-state index contributed by atoms with van der Waals surface area (Å²) in [4.78, 5) is 15.0. The Morgan fingerprint density at radius 1 is 1.09 bits per heavy atom. The summed E-state index contributed by atoms with van der Waals surface area (Å²) in [6.07, 6.45) is 1.28. The fraction of sp³-hybridized carbons (Fsp3) is 0.211. The van der Waals surface area contributed by atoms with Crippen LogP contribution in [0.4, 0.5) is 0 Å². The zero-order chi connectivity index (χ0) is 15.8. The van der Waals surface area contributed by atoms with Gasteiger partial charge in [-0.3, -0.25) is 10.1 Å². The van der Waals surface area contributed by atoms with Crippen molar-refractivity contribution in [3.05, 3.63) is 71.4 Å². The van der Waals surface area contributed by atoms with E-state index in [-0.39, 0.29) is 6.04 Å². The Bertz CT molecular complexity index is 854. The summed E-state index contributed by atoms with van der Waals surface area (Å²) in [7, 11) is 0. The van der Waals surface area contributed by atoms with E-state index >= 15 is 0 Å². The molecule has 3 aromatic rings. The number of nitrogens with one attached hydrogen (secondary N) is 2. The Morgan fingerprint density at radius 2 is 1.83 bits per heavy atom. The summed E-state index contributed by atoms with van der Waals surface area (Å²) < 4.78 is 0. The average Bonchev–Trinajstić information content (AvgIpc) is 2.95. The number of carbonyl (C=O) groups is 1. The van der Waals surface area contributed by atoms with Gasteiger partial charge < -0.3 is 10.1 Å². The maximum absolute atomic E-state index is 11.5. The second-order valence-electron chi connectivity index (χ2n) is 6.07. The SMILES string of the molecule is O=C(O)[C@@H]1Cc2c([nH]c3ccccc23)C(Cc2ccccc2)N1. The molecule has 0 amide bonds. The quantitative estimate of drug-likeness (QED) is 0.697. The summed E-state index contributed by atoms with van der Waals surface area (Å²) in [5.41, 5.74) is 4.52. The lowest BCUT2D eigenvalue weighted by molar-refractivity contribution is -0.139. The number of aliphatic carboxylic acids is 1. The largest absolute Gasteiger partial charge is 0.480 e. The van der Waals surface area contributed by atoms with Crippen LogP contribution in [0.1, 0.15) is 22.9 Å². The van der Waals surface area contributed by atoms with Crippen LogP contribution >= 0.6 is 0 Å². The van der Waals surface area contributed by atoms with Crippen LogP contribution in [0, 0.1) is 0 Å². The summed E-state index contributed by atoms with van der Waals surface area (Å²) in [5.74, 6) is -0.793. The van der Waals surface area contributed by atoms with E-state index in [0.717, 1.165) is 28.6 Å². The molecular formula is C19H18N2O2. The van der Waals surface area contributed by atoms with Crippen molar-refractivity contribution < 1.29 is 9.90 Å². The molecule has 0 bridgehead atoms. The minimum Gasteiger partial charge on any atom is -0.480 e. The van der Waals surface area contributed by atoms with E-state index in [2.05, 4.69) is 28.5 Å². The highest BCUT2D eigenvalue weighted by atomic mass is 16.4. The van der Waals surface area contributed by atoms with E-state index in [9.17, 15) is 9.90 Å².